The molecule has 0 amide bonds. The van der Waals surface area contributed by atoms with E-state index in [1.54, 1.807) is 18.5 Å². The maximum Gasteiger partial charge on any atom is 0.269 e. The third kappa shape index (κ3) is 3.89. The summed E-state index contributed by atoms with van der Waals surface area (Å²) in [4.78, 5) is 16.1. The van der Waals surface area contributed by atoms with E-state index < -0.39 is 0 Å². The first kappa shape index (κ1) is 13.7. The van der Waals surface area contributed by atoms with E-state index in [9.17, 15) is 4.79 Å². The minimum absolute atomic E-state index is 0.143. The molecular formula is C13H15BrN4O. The van der Waals surface area contributed by atoms with Crippen molar-refractivity contribution >= 4 is 21.6 Å². The topological polar surface area (TPSA) is 59.8 Å². The lowest BCUT2D eigenvalue weighted by molar-refractivity contribution is 0.627. The quantitative estimate of drug-likeness (QED) is 0.938. The molecule has 1 N–H and O–H groups in total. The molecule has 0 saturated carbocycles. The van der Waals surface area contributed by atoms with Gasteiger partial charge in [-0.05, 0) is 41.9 Å². The van der Waals surface area contributed by atoms with Crippen LogP contribution in [0.2, 0.25) is 0 Å². The number of rotatable bonds is 4. The van der Waals surface area contributed by atoms with Gasteiger partial charge < -0.3 is 5.32 Å². The van der Waals surface area contributed by atoms with Crippen molar-refractivity contribution in [3.8, 4) is 0 Å². The molecule has 6 heteroatoms. The molecule has 2 aromatic rings. The predicted octanol–water partition coefficient (Wildman–Crippen LogP) is 2.27. The monoisotopic (exact) mass is 322 g/mol. The first-order valence-electron chi connectivity index (χ1n) is 5.99. The van der Waals surface area contributed by atoms with Crippen LogP contribution in [0.1, 0.15) is 19.5 Å². The SMILES string of the molecule is CC(C)Nc1cnn(Cc2ccc(Br)cn2)c(=O)c1. The minimum Gasteiger partial charge on any atom is -0.381 e. The average molecular weight is 323 g/mol. The molecule has 0 aliphatic carbocycles. The number of anilines is 1. The van der Waals surface area contributed by atoms with Gasteiger partial charge in [-0.25, -0.2) is 4.68 Å². The van der Waals surface area contributed by atoms with E-state index in [0.29, 0.717) is 6.54 Å². The predicted molar refractivity (Wildman–Crippen MR) is 78.3 cm³/mol. The zero-order chi connectivity index (χ0) is 13.8. The van der Waals surface area contributed by atoms with Crippen molar-refractivity contribution in [1.29, 1.82) is 0 Å². The van der Waals surface area contributed by atoms with Crippen LogP contribution in [-0.2, 0) is 6.54 Å². The van der Waals surface area contributed by atoms with E-state index in [0.717, 1.165) is 15.9 Å². The maximum atomic E-state index is 11.9. The van der Waals surface area contributed by atoms with Gasteiger partial charge in [-0.2, -0.15) is 5.10 Å². The Balaban J connectivity index is 2.17. The van der Waals surface area contributed by atoms with Gasteiger partial charge in [0.1, 0.15) is 0 Å². The molecule has 0 spiro atoms. The Morgan fingerprint density at radius 3 is 2.74 bits per heavy atom. The molecule has 2 rings (SSSR count). The molecular weight excluding hydrogens is 308 g/mol. The van der Waals surface area contributed by atoms with Gasteiger partial charge in [-0.15, -0.1) is 0 Å². The van der Waals surface area contributed by atoms with Gasteiger partial charge in [0, 0.05) is 22.8 Å². The third-order valence-corrected chi connectivity index (χ3v) is 2.89. The van der Waals surface area contributed by atoms with Gasteiger partial charge in [0.25, 0.3) is 5.56 Å². The van der Waals surface area contributed by atoms with Crippen LogP contribution in [0.15, 0.2) is 39.9 Å². The zero-order valence-electron chi connectivity index (χ0n) is 10.8. The first-order valence-corrected chi connectivity index (χ1v) is 6.78. The van der Waals surface area contributed by atoms with E-state index in [4.69, 9.17) is 0 Å². The van der Waals surface area contributed by atoms with Gasteiger partial charge in [-0.3, -0.25) is 9.78 Å². The molecule has 19 heavy (non-hydrogen) atoms. The molecule has 0 aliphatic rings. The Morgan fingerprint density at radius 2 is 2.16 bits per heavy atom. The van der Waals surface area contributed by atoms with Crippen LogP contribution in [-0.4, -0.2) is 20.8 Å². The molecule has 5 nitrogen and oxygen atoms in total. The Kier molecular flexibility index (Phi) is 4.31. The molecule has 0 radical (unpaired) electrons. The molecule has 0 unspecified atom stereocenters. The Morgan fingerprint density at radius 1 is 1.37 bits per heavy atom. The molecule has 0 fully saturated rings. The number of nitrogens with zero attached hydrogens (tertiary/aromatic N) is 3. The largest absolute Gasteiger partial charge is 0.381 e. The van der Waals surface area contributed by atoms with Crippen LogP contribution in [0.3, 0.4) is 0 Å². The summed E-state index contributed by atoms with van der Waals surface area (Å²) >= 11 is 3.32. The van der Waals surface area contributed by atoms with Crippen LogP contribution in [0.5, 0.6) is 0 Å². The Labute approximate surface area is 119 Å². The molecule has 2 aromatic heterocycles. The van der Waals surface area contributed by atoms with Crippen LogP contribution in [0.25, 0.3) is 0 Å². The molecule has 0 aromatic carbocycles. The number of nitrogens with one attached hydrogen (secondary N) is 1. The summed E-state index contributed by atoms with van der Waals surface area (Å²) in [6.07, 6.45) is 3.36. The van der Waals surface area contributed by atoms with E-state index in [-0.39, 0.29) is 11.6 Å². The number of hydrogen-bond donors (Lipinski definition) is 1. The van der Waals surface area contributed by atoms with Crippen molar-refractivity contribution in [3.63, 3.8) is 0 Å². The fraction of sp³-hybridized carbons (Fsp3) is 0.308. The summed E-state index contributed by atoms with van der Waals surface area (Å²) in [5.74, 6) is 0. The second kappa shape index (κ2) is 5.97. The lowest BCUT2D eigenvalue weighted by Gasteiger charge is -2.10. The summed E-state index contributed by atoms with van der Waals surface area (Å²) in [5.41, 5.74) is 1.39. The second-order valence-corrected chi connectivity index (χ2v) is 5.42. The fourth-order valence-electron chi connectivity index (χ4n) is 1.62. The van der Waals surface area contributed by atoms with Gasteiger partial charge in [0.2, 0.25) is 0 Å². The summed E-state index contributed by atoms with van der Waals surface area (Å²) in [6.45, 7) is 4.39. The van der Waals surface area contributed by atoms with Crippen molar-refractivity contribution in [2.45, 2.75) is 26.4 Å². The highest BCUT2D eigenvalue weighted by molar-refractivity contribution is 9.10. The highest BCUT2D eigenvalue weighted by atomic mass is 79.9. The fourth-order valence-corrected chi connectivity index (χ4v) is 1.85. The Hall–Kier alpha value is -1.69. The number of halogens is 1. The number of aromatic nitrogens is 3. The number of hydrogen-bond acceptors (Lipinski definition) is 4. The van der Waals surface area contributed by atoms with E-state index in [2.05, 4.69) is 31.3 Å². The standard InChI is InChI=1S/C13H15BrN4O/c1-9(2)17-12-5-13(19)18(16-7-12)8-11-4-3-10(14)6-15-11/h3-7,9,17H,8H2,1-2H3. The molecule has 0 saturated heterocycles. The van der Waals surface area contributed by atoms with Crippen molar-refractivity contribution in [2.75, 3.05) is 5.32 Å². The maximum absolute atomic E-state index is 11.9. The van der Waals surface area contributed by atoms with Gasteiger partial charge in [0.05, 0.1) is 24.1 Å². The molecule has 100 valence electrons. The average Bonchev–Trinajstić information content (AvgIpc) is 2.34. The first-order chi connectivity index (χ1) is 9.04. The zero-order valence-corrected chi connectivity index (χ0v) is 12.4. The van der Waals surface area contributed by atoms with Crippen LogP contribution in [0.4, 0.5) is 5.69 Å². The summed E-state index contributed by atoms with van der Waals surface area (Å²) in [7, 11) is 0. The van der Waals surface area contributed by atoms with Gasteiger partial charge in [-0.1, -0.05) is 0 Å². The Bertz CT molecular complexity index is 607. The molecule has 0 atom stereocenters. The van der Waals surface area contributed by atoms with E-state index >= 15 is 0 Å². The van der Waals surface area contributed by atoms with E-state index in [1.807, 2.05) is 26.0 Å². The molecule has 0 bridgehead atoms. The summed E-state index contributed by atoms with van der Waals surface area (Å²) in [6, 6.07) is 5.57. The highest BCUT2D eigenvalue weighted by Crippen LogP contribution is 2.08. The van der Waals surface area contributed by atoms with Crippen LogP contribution < -0.4 is 10.9 Å². The lowest BCUT2D eigenvalue weighted by Crippen LogP contribution is -2.24. The highest BCUT2D eigenvalue weighted by Gasteiger charge is 2.03. The minimum atomic E-state index is -0.143. The lowest BCUT2D eigenvalue weighted by atomic mass is 10.3. The second-order valence-electron chi connectivity index (χ2n) is 4.51. The normalized spacial score (nSPS) is 10.7. The number of pyridine rings is 1. The van der Waals surface area contributed by atoms with E-state index in [1.165, 1.54) is 4.68 Å². The van der Waals surface area contributed by atoms with Crippen molar-refractivity contribution < 1.29 is 0 Å². The van der Waals surface area contributed by atoms with Crippen LogP contribution in [0, 0.1) is 0 Å². The summed E-state index contributed by atoms with van der Waals surface area (Å²) < 4.78 is 2.30. The summed E-state index contributed by atoms with van der Waals surface area (Å²) in [5, 5.41) is 7.29. The van der Waals surface area contributed by atoms with Gasteiger partial charge in [0.15, 0.2) is 0 Å². The smallest absolute Gasteiger partial charge is 0.269 e. The van der Waals surface area contributed by atoms with Crippen molar-refractivity contribution in [3.05, 3.63) is 51.1 Å². The van der Waals surface area contributed by atoms with Gasteiger partial charge >= 0.3 is 0 Å². The van der Waals surface area contributed by atoms with Crippen molar-refractivity contribution in [2.24, 2.45) is 0 Å². The van der Waals surface area contributed by atoms with Crippen molar-refractivity contribution in [1.82, 2.24) is 14.8 Å². The molecule has 2 heterocycles. The molecule has 0 aliphatic heterocycles. The van der Waals surface area contributed by atoms with Crippen LogP contribution >= 0.6 is 15.9 Å². The third-order valence-electron chi connectivity index (χ3n) is 2.43.